The number of amides is 1. The number of methoxy groups -OCH3 is 1. The lowest BCUT2D eigenvalue weighted by molar-refractivity contribution is -0.121. The molecule has 0 spiro atoms. The van der Waals surface area contributed by atoms with Crippen molar-refractivity contribution in [3.63, 3.8) is 0 Å². The first-order valence-corrected chi connectivity index (χ1v) is 11.4. The molecular formula is C24H31N5O6. The Morgan fingerprint density at radius 3 is 2.57 bits per heavy atom. The van der Waals surface area contributed by atoms with Gasteiger partial charge < -0.3 is 20.2 Å². The zero-order chi connectivity index (χ0) is 25.7. The Balaban J connectivity index is 1.85. The van der Waals surface area contributed by atoms with Crippen molar-refractivity contribution in [1.82, 2.24) is 14.5 Å². The highest BCUT2D eigenvalue weighted by molar-refractivity contribution is 6.00. The molecule has 0 bridgehead atoms. The monoisotopic (exact) mass is 485 g/mol. The molecule has 3 aromatic rings. The van der Waals surface area contributed by atoms with E-state index in [9.17, 15) is 19.2 Å². The predicted molar refractivity (Wildman–Crippen MR) is 133 cm³/mol. The van der Waals surface area contributed by atoms with Crippen LogP contribution in [0.4, 0.5) is 11.5 Å². The first-order valence-electron chi connectivity index (χ1n) is 11.4. The third-order valence-corrected chi connectivity index (χ3v) is 5.68. The number of rotatable bonds is 10. The normalized spacial score (nSPS) is 11.1. The average molecular weight is 486 g/mol. The Morgan fingerprint density at radius 2 is 1.89 bits per heavy atom. The standard InChI is InChI=1S/C24H31N5O6/c1-5-6-7-29-21(25)20(22(31)27-24(29)33)28(8-9-34-4)19(30)13-35-23(32)18-12-16-15(3)10-14(2)11-17(16)26-18/h10-12,26H,5-9,13,25H2,1-4H3,(H,27,31,33). The molecular weight excluding hydrogens is 454 g/mol. The van der Waals surface area contributed by atoms with Crippen LogP contribution in [0.3, 0.4) is 0 Å². The highest BCUT2D eigenvalue weighted by atomic mass is 16.5. The van der Waals surface area contributed by atoms with Crippen LogP contribution in [-0.2, 0) is 20.8 Å². The van der Waals surface area contributed by atoms with Gasteiger partial charge in [0.25, 0.3) is 11.5 Å². The number of aromatic amines is 2. The molecule has 1 amide bonds. The minimum Gasteiger partial charge on any atom is -0.451 e. The second-order valence-corrected chi connectivity index (χ2v) is 8.34. The second kappa shape index (κ2) is 11.0. The van der Waals surface area contributed by atoms with Crippen LogP contribution in [0.2, 0.25) is 0 Å². The number of H-pyrrole nitrogens is 2. The minimum atomic E-state index is -0.808. The number of nitrogen functional groups attached to an aromatic ring is 1. The maximum atomic E-state index is 13.1. The van der Waals surface area contributed by atoms with Crippen LogP contribution in [0.5, 0.6) is 0 Å². The summed E-state index contributed by atoms with van der Waals surface area (Å²) in [4.78, 5) is 56.9. The second-order valence-electron chi connectivity index (χ2n) is 8.34. The lowest BCUT2D eigenvalue weighted by Crippen LogP contribution is -2.44. The van der Waals surface area contributed by atoms with Gasteiger partial charge in [-0.1, -0.05) is 19.4 Å². The lowest BCUT2D eigenvalue weighted by Gasteiger charge is -2.24. The number of nitrogens with one attached hydrogen (secondary N) is 2. The van der Waals surface area contributed by atoms with Crippen molar-refractivity contribution in [3.8, 4) is 0 Å². The molecule has 2 heterocycles. The Bertz CT molecular complexity index is 1350. The highest BCUT2D eigenvalue weighted by Gasteiger charge is 2.25. The number of aryl methyl sites for hydroxylation is 2. The SMILES string of the molecule is CCCCn1c(N)c(N(CCOC)C(=O)COC(=O)c2cc3c(C)cc(C)cc3[nH]2)c(=O)[nH]c1=O. The summed E-state index contributed by atoms with van der Waals surface area (Å²) >= 11 is 0. The fraction of sp³-hybridized carbons (Fsp3) is 0.417. The van der Waals surface area contributed by atoms with E-state index in [1.807, 2.05) is 32.9 Å². The van der Waals surface area contributed by atoms with E-state index in [-0.39, 0.29) is 36.9 Å². The van der Waals surface area contributed by atoms with Crippen molar-refractivity contribution in [2.45, 2.75) is 40.2 Å². The van der Waals surface area contributed by atoms with Gasteiger partial charge in [-0.2, -0.15) is 0 Å². The first kappa shape index (κ1) is 25.8. The van der Waals surface area contributed by atoms with E-state index >= 15 is 0 Å². The third kappa shape index (κ3) is 5.62. The van der Waals surface area contributed by atoms with Gasteiger partial charge in [-0.05, 0) is 43.5 Å². The van der Waals surface area contributed by atoms with Crippen LogP contribution < -0.4 is 21.9 Å². The van der Waals surface area contributed by atoms with Crippen LogP contribution in [0, 0.1) is 13.8 Å². The molecule has 11 heteroatoms. The van der Waals surface area contributed by atoms with Gasteiger partial charge in [-0.25, -0.2) is 9.59 Å². The van der Waals surface area contributed by atoms with Gasteiger partial charge in [0.1, 0.15) is 11.5 Å². The number of carbonyl (C=O) groups excluding carboxylic acids is 2. The van der Waals surface area contributed by atoms with Gasteiger partial charge in [0.05, 0.1) is 6.61 Å². The van der Waals surface area contributed by atoms with E-state index in [1.165, 1.54) is 11.7 Å². The number of hydrogen-bond donors (Lipinski definition) is 3. The smallest absolute Gasteiger partial charge is 0.355 e. The molecule has 1 aromatic carbocycles. The van der Waals surface area contributed by atoms with Gasteiger partial charge in [-0.15, -0.1) is 0 Å². The average Bonchev–Trinajstić information content (AvgIpc) is 3.23. The largest absolute Gasteiger partial charge is 0.451 e. The zero-order valence-corrected chi connectivity index (χ0v) is 20.4. The molecule has 0 radical (unpaired) electrons. The molecule has 2 aromatic heterocycles. The molecule has 0 aliphatic heterocycles. The maximum absolute atomic E-state index is 13.1. The van der Waals surface area contributed by atoms with E-state index in [0.29, 0.717) is 6.42 Å². The number of benzene rings is 1. The summed E-state index contributed by atoms with van der Waals surface area (Å²) in [5, 5.41) is 0.879. The minimum absolute atomic E-state index is 0.0307. The summed E-state index contributed by atoms with van der Waals surface area (Å²) in [5.41, 5.74) is 7.54. The van der Waals surface area contributed by atoms with Crippen molar-refractivity contribution in [2.24, 2.45) is 0 Å². The summed E-state index contributed by atoms with van der Waals surface area (Å²) in [5.74, 6) is -1.53. The lowest BCUT2D eigenvalue weighted by atomic mass is 10.1. The Hall–Kier alpha value is -3.86. The number of unbranched alkanes of at least 4 members (excludes halogenated alkanes) is 1. The fourth-order valence-corrected chi connectivity index (χ4v) is 3.91. The van der Waals surface area contributed by atoms with E-state index in [4.69, 9.17) is 15.2 Å². The first-order chi connectivity index (χ1) is 16.7. The van der Waals surface area contributed by atoms with Crippen LogP contribution in [0.25, 0.3) is 10.9 Å². The van der Waals surface area contributed by atoms with Crippen molar-refractivity contribution in [1.29, 1.82) is 0 Å². The number of esters is 1. The van der Waals surface area contributed by atoms with Crippen molar-refractivity contribution < 1.29 is 19.1 Å². The number of nitrogens with two attached hydrogens (primary N) is 1. The van der Waals surface area contributed by atoms with Gasteiger partial charge in [-0.3, -0.25) is 24.0 Å². The molecule has 0 aliphatic rings. The van der Waals surface area contributed by atoms with Crippen LogP contribution in [-0.4, -0.2) is 53.3 Å². The number of anilines is 2. The topological polar surface area (TPSA) is 153 Å². The molecule has 11 nitrogen and oxygen atoms in total. The van der Waals surface area contributed by atoms with Crippen molar-refractivity contribution in [3.05, 3.63) is 55.9 Å². The van der Waals surface area contributed by atoms with Crippen LogP contribution in [0.15, 0.2) is 27.8 Å². The van der Waals surface area contributed by atoms with E-state index in [1.54, 1.807) is 6.07 Å². The number of fused-ring (bicyclic) bond motifs is 1. The molecule has 0 unspecified atom stereocenters. The number of hydrogen-bond acceptors (Lipinski definition) is 7. The molecule has 0 saturated carbocycles. The number of ether oxygens (including phenoxy) is 2. The molecule has 0 fully saturated rings. The van der Waals surface area contributed by atoms with E-state index in [2.05, 4.69) is 9.97 Å². The van der Waals surface area contributed by atoms with Gasteiger partial charge >= 0.3 is 11.7 Å². The van der Waals surface area contributed by atoms with Gasteiger partial charge in [0, 0.05) is 31.1 Å². The molecule has 0 aliphatic carbocycles. The third-order valence-electron chi connectivity index (χ3n) is 5.68. The quantitative estimate of drug-likeness (QED) is 0.371. The predicted octanol–water partition coefficient (Wildman–Crippen LogP) is 1.85. The molecule has 3 rings (SSSR count). The molecule has 188 valence electrons. The molecule has 0 atom stereocenters. The molecule has 35 heavy (non-hydrogen) atoms. The Kier molecular flexibility index (Phi) is 8.13. The Labute approximate surface area is 201 Å². The Morgan fingerprint density at radius 1 is 1.14 bits per heavy atom. The molecule has 0 saturated heterocycles. The number of aromatic nitrogens is 3. The number of nitrogens with zero attached hydrogens (tertiary/aromatic N) is 2. The zero-order valence-electron chi connectivity index (χ0n) is 20.4. The summed E-state index contributed by atoms with van der Waals surface area (Å²) in [7, 11) is 1.44. The van der Waals surface area contributed by atoms with Crippen molar-refractivity contribution >= 4 is 34.3 Å². The van der Waals surface area contributed by atoms with Gasteiger partial charge in [0.2, 0.25) is 0 Å². The van der Waals surface area contributed by atoms with Crippen LogP contribution in [0.1, 0.15) is 41.4 Å². The molecule has 4 N–H and O–H groups in total. The summed E-state index contributed by atoms with van der Waals surface area (Å²) in [6.07, 6.45) is 1.46. The fourth-order valence-electron chi connectivity index (χ4n) is 3.91. The van der Waals surface area contributed by atoms with E-state index in [0.717, 1.165) is 33.4 Å². The summed E-state index contributed by atoms with van der Waals surface area (Å²) in [6, 6.07) is 5.59. The van der Waals surface area contributed by atoms with E-state index < -0.39 is 29.7 Å². The summed E-state index contributed by atoms with van der Waals surface area (Å²) in [6.45, 7) is 5.56. The summed E-state index contributed by atoms with van der Waals surface area (Å²) < 4.78 is 11.5. The van der Waals surface area contributed by atoms with Gasteiger partial charge in [0.15, 0.2) is 12.3 Å². The van der Waals surface area contributed by atoms with Crippen LogP contribution >= 0.6 is 0 Å². The maximum Gasteiger partial charge on any atom is 0.355 e. The highest BCUT2D eigenvalue weighted by Crippen LogP contribution is 2.22. The number of carbonyl (C=O) groups is 2. The van der Waals surface area contributed by atoms with Crippen molar-refractivity contribution in [2.75, 3.05) is 37.5 Å².